The Hall–Kier alpha value is -2.88. The van der Waals surface area contributed by atoms with Crippen LogP contribution >= 0.6 is 0 Å². The molecule has 7 heteroatoms. The molecular weight excluding hydrogens is 330 g/mol. The Morgan fingerprint density at radius 2 is 2.12 bits per heavy atom. The summed E-state index contributed by atoms with van der Waals surface area (Å²) in [5.41, 5.74) is 1.45. The molecule has 2 unspecified atom stereocenters. The Morgan fingerprint density at radius 3 is 2.73 bits per heavy atom. The van der Waals surface area contributed by atoms with E-state index in [1.54, 1.807) is 4.68 Å². The van der Waals surface area contributed by atoms with Crippen LogP contribution < -0.4 is 4.90 Å². The van der Waals surface area contributed by atoms with Crippen LogP contribution in [0, 0.1) is 23.2 Å². The van der Waals surface area contributed by atoms with Crippen LogP contribution in [0.25, 0.3) is 0 Å². The fourth-order valence-electron chi connectivity index (χ4n) is 4.04. The quantitative estimate of drug-likeness (QED) is 0.887. The molecule has 1 N–H and O–H groups in total. The van der Waals surface area contributed by atoms with Gasteiger partial charge in [-0.25, -0.2) is 9.78 Å². The van der Waals surface area contributed by atoms with Gasteiger partial charge in [0.05, 0.1) is 35.5 Å². The van der Waals surface area contributed by atoms with Gasteiger partial charge in [-0.3, -0.25) is 4.68 Å². The van der Waals surface area contributed by atoms with E-state index in [1.165, 1.54) is 18.8 Å². The predicted molar refractivity (Wildman–Crippen MR) is 92.9 cm³/mol. The highest BCUT2D eigenvalue weighted by Gasteiger charge is 2.49. The number of nitriles is 1. The molecule has 2 atom stereocenters. The number of hydrogen-bond donors (Lipinski definition) is 1. The Labute approximate surface area is 150 Å². The lowest BCUT2D eigenvalue weighted by Gasteiger charge is -2.22. The highest BCUT2D eigenvalue weighted by Crippen LogP contribution is 2.50. The summed E-state index contributed by atoms with van der Waals surface area (Å²) in [6.07, 6.45) is 5.86. The molecule has 0 radical (unpaired) electrons. The first-order valence-corrected chi connectivity index (χ1v) is 9.00. The molecule has 5 rings (SSSR count). The second-order valence-electron chi connectivity index (χ2n) is 7.76. The number of fused-ring (bicyclic) bond motifs is 1. The van der Waals surface area contributed by atoms with Crippen molar-refractivity contribution in [2.75, 3.05) is 18.0 Å². The Morgan fingerprint density at radius 1 is 1.35 bits per heavy atom. The first kappa shape index (κ1) is 15.4. The van der Waals surface area contributed by atoms with Gasteiger partial charge in [-0.15, -0.1) is 0 Å². The number of piperidine rings is 1. The number of anilines is 1. The molecule has 0 spiro atoms. The summed E-state index contributed by atoms with van der Waals surface area (Å²) in [6, 6.07) is 6.50. The number of hydrogen-bond acceptors (Lipinski definition) is 5. The van der Waals surface area contributed by atoms with E-state index < -0.39 is 11.4 Å². The smallest absolute Gasteiger partial charge is 0.338 e. The van der Waals surface area contributed by atoms with Crippen molar-refractivity contribution in [2.45, 2.75) is 31.2 Å². The number of pyridine rings is 1. The van der Waals surface area contributed by atoms with E-state index in [2.05, 4.69) is 16.1 Å². The Balaban J connectivity index is 1.47. The second-order valence-corrected chi connectivity index (χ2v) is 7.76. The van der Waals surface area contributed by atoms with Crippen molar-refractivity contribution in [1.82, 2.24) is 14.8 Å². The standard InChI is InChI=1S/C19H19N5O2/c20-11-19(3-4-19)17-12(9-24-10-15(6-21-24)18(25)26)1-2-16(22-17)23-7-13-5-14(13)8-23/h1-2,6,10,13-14H,3-5,7-9H2,(H,25,26). The number of carbonyl (C=O) groups is 1. The Kier molecular flexibility index (Phi) is 3.14. The first-order chi connectivity index (χ1) is 12.6. The van der Waals surface area contributed by atoms with Gasteiger partial charge in [-0.1, -0.05) is 6.07 Å². The van der Waals surface area contributed by atoms with Crippen molar-refractivity contribution in [1.29, 1.82) is 5.26 Å². The molecule has 2 aromatic heterocycles. The fraction of sp³-hybridized carbons (Fsp3) is 0.474. The molecule has 0 amide bonds. The molecule has 2 saturated carbocycles. The molecule has 3 fully saturated rings. The summed E-state index contributed by atoms with van der Waals surface area (Å²) in [7, 11) is 0. The van der Waals surface area contributed by atoms with Gasteiger partial charge in [-0.2, -0.15) is 10.4 Å². The molecule has 3 heterocycles. The van der Waals surface area contributed by atoms with Crippen LogP contribution in [0.3, 0.4) is 0 Å². The van der Waals surface area contributed by atoms with Gasteiger partial charge in [0.25, 0.3) is 0 Å². The van der Waals surface area contributed by atoms with Crippen LogP contribution in [-0.4, -0.2) is 38.9 Å². The third-order valence-electron chi connectivity index (χ3n) is 5.90. The zero-order valence-electron chi connectivity index (χ0n) is 14.3. The van der Waals surface area contributed by atoms with Gasteiger partial charge in [0.2, 0.25) is 0 Å². The molecule has 2 aliphatic carbocycles. The van der Waals surface area contributed by atoms with Crippen molar-refractivity contribution in [3.05, 3.63) is 41.3 Å². The van der Waals surface area contributed by atoms with Crippen LogP contribution in [0.4, 0.5) is 5.82 Å². The van der Waals surface area contributed by atoms with E-state index in [1.807, 2.05) is 12.1 Å². The lowest BCUT2D eigenvalue weighted by atomic mass is 9.98. The minimum atomic E-state index is -0.992. The molecular formula is C19H19N5O2. The van der Waals surface area contributed by atoms with Crippen molar-refractivity contribution < 1.29 is 9.90 Å². The van der Waals surface area contributed by atoms with E-state index >= 15 is 0 Å². The highest BCUT2D eigenvalue weighted by atomic mass is 16.4. The predicted octanol–water partition coefficient (Wildman–Crippen LogP) is 2.04. The number of carboxylic acids is 1. The van der Waals surface area contributed by atoms with Crippen LogP contribution in [0.2, 0.25) is 0 Å². The third kappa shape index (κ3) is 2.45. The number of aromatic carboxylic acids is 1. The number of nitrogens with zero attached hydrogens (tertiary/aromatic N) is 5. The van der Waals surface area contributed by atoms with Crippen LogP contribution in [0.5, 0.6) is 0 Å². The molecule has 1 saturated heterocycles. The molecule has 26 heavy (non-hydrogen) atoms. The minimum Gasteiger partial charge on any atom is -0.478 e. The molecule has 0 aromatic carbocycles. The molecule has 132 valence electrons. The van der Waals surface area contributed by atoms with Gasteiger partial charge in [0, 0.05) is 19.3 Å². The van der Waals surface area contributed by atoms with E-state index in [9.17, 15) is 10.1 Å². The van der Waals surface area contributed by atoms with Crippen molar-refractivity contribution in [3.8, 4) is 6.07 Å². The summed E-state index contributed by atoms with van der Waals surface area (Å²) in [6.45, 7) is 2.55. The summed E-state index contributed by atoms with van der Waals surface area (Å²) < 4.78 is 1.60. The zero-order valence-corrected chi connectivity index (χ0v) is 14.3. The average molecular weight is 349 g/mol. The monoisotopic (exact) mass is 349 g/mol. The van der Waals surface area contributed by atoms with E-state index in [-0.39, 0.29) is 5.56 Å². The number of rotatable bonds is 5. The van der Waals surface area contributed by atoms with E-state index in [0.717, 1.165) is 54.8 Å². The third-order valence-corrected chi connectivity index (χ3v) is 5.90. The SMILES string of the molecule is N#CC1(c2nc(N3CC4CC4C3)ccc2Cn2cc(C(=O)O)cn2)CC1. The number of aromatic nitrogens is 3. The fourth-order valence-corrected chi connectivity index (χ4v) is 4.04. The van der Waals surface area contributed by atoms with Crippen molar-refractivity contribution in [3.63, 3.8) is 0 Å². The van der Waals surface area contributed by atoms with Gasteiger partial charge in [-0.05, 0) is 42.7 Å². The maximum atomic E-state index is 11.1. The van der Waals surface area contributed by atoms with Gasteiger partial charge in [0.1, 0.15) is 5.82 Å². The normalized spacial score (nSPS) is 24.8. The lowest BCUT2D eigenvalue weighted by Crippen LogP contribution is -2.24. The van der Waals surface area contributed by atoms with Gasteiger partial charge in [0.15, 0.2) is 0 Å². The van der Waals surface area contributed by atoms with E-state index in [0.29, 0.717) is 6.54 Å². The molecule has 1 aliphatic heterocycles. The lowest BCUT2D eigenvalue weighted by molar-refractivity contribution is 0.0697. The van der Waals surface area contributed by atoms with Crippen LogP contribution in [-0.2, 0) is 12.0 Å². The topological polar surface area (TPSA) is 95.0 Å². The van der Waals surface area contributed by atoms with Gasteiger partial charge >= 0.3 is 5.97 Å². The minimum absolute atomic E-state index is 0.161. The summed E-state index contributed by atoms with van der Waals surface area (Å²) in [5.74, 6) is 1.62. The summed E-state index contributed by atoms with van der Waals surface area (Å²) >= 11 is 0. The molecule has 7 nitrogen and oxygen atoms in total. The number of carboxylic acid groups (broad SMARTS) is 1. The summed E-state index contributed by atoms with van der Waals surface area (Å²) in [4.78, 5) is 18.3. The maximum Gasteiger partial charge on any atom is 0.338 e. The van der Waals surface area contributed by atoms with Crippen molar-refractivity contribution >= 4 is 11.8 Å². The summed E-state index contributed by atoms with van der Waals surface area (Å²) in [5, 5.41) is 22.9. The van der Waals surface area contributed by atoms with Crippen LogP contribution in [0.1, 0.15) is 40.9 Å². The van der Waals surface area contributed by atoms with Crippen molar-refractivity contribution in [2.24, 2.45) is 11.8 Å². The Bertz CT molecular complexity index is 930. The zero-order chi connectivity index (χ0) is 17.9. The first-order valence-electron chi connectivity index (χ1n) is 9.00. The van der Waals surface area contributed by atoms with E-state index in [4.69, 9.17) is 10.1 Å². The van der Waals surface area contributed by atoms with Crippen LogP contribution in [0.15, 0.2) is 24.5 Å². The largest absolute Gasteiger partial charge is 0.478 e. The molecule has 2 aromatic rings. The molecule has 3 aliphatic rings. The molecule has 0 bridgehead atoms. The average Bonchev–Trinajstić information content (AvgIpc) is 3.50. The highest BCUT2D eigenvalue weighted by molar-refractivity contribution is 5.86. The second kappa shape index (κ2) is 5.31. The van der Waals surface area contributed by atoms with Gasteiger partial charge < -0.3 is 10.0 Å². The maximum absolute atomic E-state index is 11.1.